The van der Waals surface area contributed by atoms with Crippen LogP contribution in [0.2, 0.25) is 0 Å². The summed E-state index contributed by atoms with van der Waals surface area (Å²) in [5, 5.41) is 2.77. The van der Waals surface area contributed by atoms with Gasteiger partial charge in [0.05, 0.1) is 37.6 Å². The summed E-state index contributed by atoms with van der Waals surface area (Å²) < 4.78 is 142. The molecule has 4 atom stereocenters. The molecule has 0 spiro atoms. The van der Waals surface area contributed by atoms with E-state index >= 15 is 8.78 Å². The molecule has 0 radical (unpaired) electrons. The van der Waals surface area contributed by atoms with Gasteiger partial charge in [-0.25, -0.2) is 8.78 Å². The maximum Gasteiger partial charge on any atom is 0.416 e. The van der Waals surface area contributed by atoms with Crippen LogP contribution in [-0.4, -0.2) is 26.4 Å². The monoisotopic (exact) mass is 872 g/mol. The van der Waals surface area contributed by atoms with E-state index in [1.165, 1.54) is 0 Å². The third-order valence-corrected chi connectivity index (χ3v) is 12.8. The van der Waals surface area contributed by atoms with Gasteiger partial charge >= 0.3 is 12.4 Å². The van der Waals surface area contributed by atoms with Crippen molar-refractivity contribution >= 4 is 32.3 Å². The first-order valence-electron chi connectivity index (χ1n) is 20.7. The molecular weight excluding hydrogens is 841 g/mol. The van der Waals surface area contributed by atoms with Crippen LogP contribution >= 0.6 is 0 Å². The Morgan fingerprint density at radius 2 is 0.688 bits per heavy atom. The van der Waals surface area contributed by atoms with Crippen molar-refractivity contribution < 1.29 is 54.1 Å². The molecule has 0 aromatic heterocycles. The number of epoxide rings is 4. The minimum atomic E-state index is -4.86. The molecule has 4 heterocycles. The third-order valence-electron chi connectivity index (χ3n) is 12.8. The molecule has 320 valence electrons. The first-order chi connectivity index (χ1) is 30.8. The molecule has 12 rings (SSSR count). The molecule has 12 heteroatoms. The van der Waals surface area contributed by atoms with Crippen LogP contribution in [0, 0.1) is 11.6 Å². The Balaban J connectivity index is 1.33. The quantitative estimate of drug-likeness (QED) is 0.0867. The molecule has 4 saturated heterocycles. The zero-order valence-electron chi connectivity index (χ0n) is 33.3. The second kappa shape index (κ2) is 14.2. The maximum absolute atomic E-state index is 17.0. The van der Waals surface area contributed by atoms with Gasteiger partial charge in [-0.1, -0.05) is 84.9 Å². The zero-order valence-corrected chi connectivity index (χ0v) is 33.3. The Hall–Kier alpha value is -6.18. The Kier molecular flexibility index (Phi) is 8.72. The van der Waals surface area contributed by atoms with Crippen LogP contribution in [0.3, 0.4) is 0 Å². The smallest absolute Gasteiger partial charge is 0.368 e. The largest absolute Gasteiger partial charge is 0.416 e. The summed E-state index contributed by atoms with van der Waals surface area (Å²) >= 11 is 0. The van der Waals surface area contributed by atoms with Crippen molar-refractivity contribution in [1.29, 1.82) is 0 Å². The van der Waals surface area contributed by atoms with E-state index in [2.05, 4.69) is 0 Å². The van der Waals surface area contributed by atoms with Gasteiger partial charge in [0.2, 0.25) is 0 Å². The standard InChI is InChI=1S/C52H32F8O4/c53-39-19-31(51(55,56)57)11-15-35(39)47-38-18-30(44-24-64-44)10-14-34(38)46(28-7-3-26(4-8-28)42-22-62-42)50-48(36-16-12-32(20-40(36)54)52(58,59)60)37-17-29(43-23-63-43)9-13-33(37)45(49(47)50)27-5-1-25(2-6-27)41-21-61-41/h1-20,41-44H,21-24H2. The van der Waals surface area contributed by atoms with Crippen LogP contribution in [0.25, 0.3) is 76.8 Å². The maximum atomic E-state index is 17.0. The summed E-state index contributed by atoms with van der Waals surface area (Å²) in [5.74, 6) is -2.30. The summed E-state index contributed by atoms with van der Waals surface area (Å²) in [7, 11) is 0. The summed E-state index contributed by atoms with van der Waals surface area (Å²) in [6.07, 6.45) is -10.4. The number of hydrogen-bond acceptors (Lipinski definition) is 4. The van der Waals surface area contributed by atoms with Crippen LogP contribution < -0.4 is 0 Å². The average Bonchev–Trinajstić information content (AvgIpc) is 4.08. The highest BCUT2D eigenvalue weighted by atomic mass is 19.4. The lowest BCUT2D eigenvalue weighted by molar-refractivity contribution is -0.138. The molecule has 8 aromatic rings. The molecule has 0 bridgehead atoms. The molecule has 4 fully saturated rings. The van der Waals surface area contributed by atoms with Crippen LogP contribution in [0.5, 0.6) is 0 Å². The van der Waals surface area contributed by atoms with Crippen LogP contribution in [-0.2, 0) is 31.3 Å². The van der Waals surface area contributed by atoms with E-state index in [9.17, 15) is 26.3 Å². The normalized spacial score (nSPS) is 20.3. The van der Waals surface area contributed by atoms with E-state index in [0.717, 1.165) is 46.5 Å². The predicted molar refractivity (Wildman–Crippen MR) is 225 cm³/mol. The SMILES string of the molecule is Fc1cc(C(F)(F)F)ccc1-c1c2cc(C3CO3)ccc2c(-c2ccc(C3CO3)cc2)c2c(-c3ccc(C(F)(F)F)cc3F)c3cc(C4CO4)ccc3c(-c3ccc(C4CO4)cc3)c12. The third kappa shape index (κ3) is 6.74. The average molecular weight is 873 g/mol. The zero-order chi connectivity index (χ0) is 43.8. The van der Waals surface area contributed by atoms with Crippen LogP contribution in [0.15, 0.2) is 121 Å². The van der Waals surface area contributed by atoms with E-state index in [1.54, 1.807) is 0 Å². The van der Waals surface area contributed by atoms with Crippen molar-refractivity contribution in [3.8, 4) is 44.5 Å². The number of rotatable bonds is 8. The van der Waals surface area contributed by atoms with Gasteiger partial charge in [0.15, 0.2) is 0 Å². The van der Waals surface area contributed by atoms with Crippen molar-refractivity contribution in [3.63, 3.8) is 0 Å². The number of hydrogen-bond donors (Lipinski definition) is 0. The number of benzene rings is 8. The Morgan fingerprint density at radius 3 is 1.00 bits per heavy atom. The van der Waals surface area contributed by atoms with Gasteiger partial charge in [-0.2, -0.15) is 26.3 Å². The Morgan fingerprint density at radius 1 is 0.359 bits per heavy atom. The number of alkyl halides is 6. The second-order valence-electron chi connectivity index (χ2n) is 16.8. The summed E-state index contributed by atoms with van der Waals surface area (Å²) in [6, 6.07) is 31.3. The molecule has 4 unspecified atom stereocenters. The van der Waals surface area contributed by atoms with E-state index in [-0.39, 0.29) is 46.7 Å². The Bertz CT molecular complexity index is 3020. The Labute approximate surface area is 359 Å². The predicted octanol–water partition coefficient (Wildman–Crippen LogP) is 14.4. The lowest BCUT2D eigenvalue weighted by Crippen LogP contribution is -2.06. The van der Waals surface area contributed by atoms with Gasteiger partial charge in [-0.3, -0.25) is 0 Å². The second-order valence-corrected chi connectivity index (χ2v) is 16.8. The molecule has 0 saturated carbocycles. The fourth-order valence-electron chi connectivity index (χ4n) is 9.30. The van der Waals surface area contributed by atoms with Gasteiger partial charge in [0, 0.05) is 22.3 Å². The molecule has 4 aliphatic rings. The number of fused-ring (bicyclic) bond motifs is 3. The first-order valence-corrected chi connectivity index (χ1v) is 20.7. The molecular formula is C52H32F8O4. The van der Waals surface area contributed by atoms with Gasteiger partial charge in [-0.05, 0) is 113 Å². The summed E-state index contributed by atoms with van der Waals surface area (Å²) in [6.45, 7) is 1.96. The minimum Gasteiger partial charge on any atom is -0.368 e. The minimum absolute atomic E-state index is 0.0897. The lowest BCUT2D eigenvalue weighted by Gasteiger charge is -2.26. The molecule has 4 nitrogen and oxygen atoms in total. The molecule has 0 N–H and O–H groups in total. The van der Waals surface area contributed by atoms with Gasteiger partial charge in [0.25, 0.3) is 0 Å². The highest BCUT2D eigenvalue weighted by molar-refractivity contribution is 6.34. The number of ether oxygens (including phenoxy) is 4. The van der Waals surface area contributed by atoms with E-state index in [0.29, 0.717) is 93.1 Å². The summed E-state index contributed by atoms with van der Waals surface area (Å²) in [5.41, 5.74) is 3.53. The highest BCUT2D eigenvalue weighted by Crippen LogP contribution is 2.56. The van der Waals surface area contributed by atoms with Crippen molar-refractivity contribution in [2.75, 3.05) is 26.4 Å². The van der Waals surface area contributed by atoms with Crippen molar-refractivity contribution in [3.05, 3.63) is 166 Å². The van der Waals surface area contributed by atoms with Crippen molar-refractivity contribution in [2.24, 2.45) is 0 Å². The van der Waals surface area contributed by atoms with Crippen LogP contribution in [0.4, 0.5) is 35.1 Å². The first kappa shape index (κ1) is 39.4. The fourth-order valence-corrected chi connectivity index (χ4v) is 9.30. The van der Waals surface area contributed by atoms with E-state index in [1.807, 2.05) is 84.9 Å². The van der Waals surface area contributed by atoms with E-state index < -0.39 is 35.1 Å². The van der Waals surface area contributed by atoms with Gasteiger partial charge < -0.3 is 18.9 Å². The highest BCUT2D eigenvalue weighted by Gasteiger charge is 2.36. The van der Waals surface area contributed by atoms with Gasteiger partial charge in [-0.15, -0.1) is 0 Å². The number of halogens is 8. The van der Waals surface area contributed by atoms with Crippen molar-refractivity contribution in [2.45, 2.75) is 36.8 Å². The molecule has 0 amide bonds. The van der Waals surface area contributed by atoms with Gasteiger partial charge in [0.1, 0.15) is 36.1 Å². The molecule has 4 aliphatic heterocycles. The van der Waals surface area contributed by atoms with Crippen molar-refractivity contribution in [1.82, 2.24) is 0 Å². The van der Waals surface area contributed by atoms with Crippen LogP contribution in [0.1, 0.15) is 57.8 Å². The topological polar surface area (TPSA) is 50.1 Å². The molecule has 0 aliphatic carbocycles. The van der Waals surface area contributed by atoms with E-state index in [4.69, 9.17) is 18.9 Å². The molecule has 64 heavy (non-hydrogen) atoms. The summed E-state index contributed by atoms with van der Waals surface area (Å²) in [4.78, 5) is 0. The fraction of sp³-hybridized carbons (Fsp3) is 0.192. The molecule has 8 aromatic carbocycles. The lowest BCUT2D eigenvalue weighted by atomic mass is 9.76.